The lowest BCUT2D eigenvalue weighted by Gasteiger charge is -2.34. The number of carbonyl (C=O) groups is 6. The van der Waals surface area contributed by atoms with Gasteiger partial charge in [-0.15, -0.1) is 0 Å². The average molecular weight is 525 g/mol. The Morgan fingerprint density at radius 3 is 1.34 bits per heavy atom. The van der Waals surface area contributed by atoms with Gasteiger partial charge in [0.25, 0.3) is 0 Å². The maximum atomic E-state index is 13.9. The van der Waals surface area contributed by atoms with Gasteiger partial charge in [-0.05, 0) is 12.1 Å². The highest BCUT2D eigenvalue weighted by Crippen LogP contribution is 2.40. The molecule has 0 heterocycles. The van der Waals surface area contributed by atoms with Crippen molar-refractivity contribution in [2.45, 2.75) is 39.0 Å². The number of nitrogens with two attached hydrogens (primary N) is 2. The van der Waals surface area contributed by atoms with Gasteiger partial charge in [-0.25, -0.2) is 9.59 Å². The van der Waals surface area contributed by atoms with Gasteiger partial charge < -0.3 is 20.9 Å². The second-order valence-electron chi connectivity index (χ2n) is 8.23. The Balaban J connectivity index is 2.44. The van der Waals surface area contributed by atoms with Crippen molar-refractivity contribution in [2.75, 3.05) is 24.0 Å². The van der Waals surface area contributed by atoms with Crippen LogP contribution in [0.1, 0.15) is 58.5 Å². The first-order chi connectivity index (χ1) is 18.0. The summed E-state index contributed by atoms with van der Waals surface area (Å²) >= 11 is 0. The van der Waals surface area contributed by atoms with Crippen molar-refractivity contribution >= 4 is 46.7 Å². The van der Waals surface area contributed by atoms with Crippen LogP contribution in [0.4, 0.5) is 11.4 Å². The molecule has 0 bridgehead atoms. The summed E-state index contributed by atoms with van der Waals surface area (Å²) in [6.07, 6.45) is -3.50. The van der Waals surface area contributed by atoms with Crippen molar-refractivity contribution in [2.24, 2.45) is 11.5 Å². The van der Waals surface area contributed by atoms with Crippen molar-refractivity contribution in [3.8, 4) is 0 Å². The van der Waals surface area contributed by atoms with Crippen molar-refractivity contribution in [1.29, 1.82) is 0 Å². The summed E-state index contributed by atoms with van der Waals surface area (Å²) in [6, 6.07) is 8.54. The quantitative estimate of drug-likeness (QED) is 0.317. The van der Waals surface area contributed by atoms with E-state index in [1.54, 1.807) is 12.1 Å². The summed E-state index contributed by atoms with van der Waals surface area (Å²) in [5, 5.41) is 0. The molecule has 0 fully saturated rings. The molecule has 2 aromatic carbocycles. The predicted octanol–water partition coefficient (Wildman–Crippen LogP) is 0.864. The molecule has 0 saturated carbocycles. The topological polar surface area (TPSA) is 179 Å². The molecule has 2 aromatic rings. The molecule has 2 unspecified atom stereocenters. The molecule has 0 radical (unpaired) electrons. The van der Waals surface area contributed by atoms with Crippen LogP contribution in [0, 0.1) is 0 Å². The molecule has 0 aliphatic heterocycles. The normalized spacial score (nSPS) is 13.5. The SMILES string of the molecule is CCC(=O)N(c1ccc(N(C(=O)CC)C(N)C(=O)OC)c2c1C(=O)c1ccccc1C2=O)C(N)C(=O)OC. The maximum absolute atomic E-state index is 13.9. The van der Waals surface area contributed by atoms with Crippen LogP contribution in [0.2, 0.25) is 0 Å². The van der Waals surface area contributed by atoms with Gasteiger partial charge in [0.1, 0.15) is 0 Å². The van der Waals surface area contributed by atoms with Crippen LogP contribution >= 0.6 is 0 Å². The van der Waals surface area contributed by atoms with Gasteiger partial charge in [-0.3, -0.25) is 29.0 Å². The Kier molecular flexibility index (Phi) is 8.39. The van der Waals surface area contributed by atoms with Crippen LogP contribution in [0.25, 0.3) is 0 Å². The third-order valence-electron chi connectivity index (χ3n) is 6.13. The summed E-state index contributed by atoms with van der Waals surface area (Å²) in [6.45, 7) is 3.05. The lowest BCUT2D eigenvalue weighted by atomic mass is 9.81. The number of amides is 2. The molecule has 0 aromatic heterocycles. The average Bonchev–Trinajstić information content (AvgIpc) is 2.94. The summed E-state index contributed by atoms with van der Waals surface area (Å²) in [5.41, 5.74) is 11.4. The zero-order valence-electron chi connectivity index (χ0n) is 21.3. The van der Waals surface area contributed by atoms with E-state index in [1.165, 1.54) is 38.1 Å². The number of nitrogens with zero attached hydrogens (tertiary/aromatic N) is 2. The van der Waals surface area contributed by atoms with Gasteiger partial charge in [-0.2, -0.15) is 0 Å². The number of fused-ring (bicyclic) bond motifs is 2. The Morgan fingerprint density at radius 1 is 0.711 bits per heavy atom. The Labute approximate surface area is 218 Å². The number of benzene rings is 2. The van der Waals surface area contributed by atoms with Gasteiger partial charge in [0.2, 0.25) is 11.8 Å². The molecule has 2 amide bonds. The Morgan fingerprint density at radius 2 is 1.05 bits per heavy atom. The summed E-state index contributed by atoms with van der Waals surface area (Å²) in [5.74, 6) is -4.51. The van der Waals surface area contributed by atoms with Crippen molar-refractivity contribution in [1.82, 2.24) is 0 Å². The Hall–Kier alpha value is -4.42. The summed E-state index contributed by atoms with van der Waals surface area (Å²) in [7, 11) is 2.17. The van der Waals surface area contributed by atoms with Gasteiger partial charge in [-0.1, -0.05) is 38.1 Å². The zero-order chi connectivity index (χ0) is 28.3. The van der Waals surface area contributed by atoms with E-state index in [2.05, 4.69) is 0 Å². The summed E-state index contributed by atoms with van der Waals surface area (Å²) < 4.78 is 9.41. The minimum absolute atomic E-state index is 0.0459. The van der Waals surface area contributed by atoms with Crippen molar-refractivity contribution in [3.05, 3.63) is 58.7 Å². The fraction of sp³-hybridized carbons (Fsp3) is 0.308. The van der Waals surface area contributed by atoms with Crippen LogP contribution in [0.3, 0.4) is 0 Å². The largest absolute Gasteiger partial charge is 0.466 e. The molecule has 0 spiro atoms. The smallest absolute Gasteiger partial charge is 0.343 e. The van der Waals surface area contributed by atoms with Crippen LogP contribution in [-0.2, 0) is 28.7 Å². The second-order valence-corrected chi connectivity index (χ2v) is 8.23. The number of rotatable bonds is 8. The highest BCUT2D eigenvalue weighted by molar-refractivity contribution is 6.33. The number of hydrogen-bond acceptors (Lipinski definition) is 10. The van der Waals surface area contributed by atoms with Crippen LogP contribution in [0.5, 0.6) is 0 Å². The molecule has 3 rings (SSSR count). The zero-order valence-corrected chi connectivity index (χ0v) is 21.3. The molecule has 2 atom stereocenters. The van der Waals surface area contributed by atoms with E-state index in [0.29, 0.717) is 0 Å². The number of methoxy groups -OCH3 is 2. The predicted molar refractivity (Wildman–Crippen MR) is 135 cm³/mol. The highest BCUT2D eigenvalue weighted by atomic mass is 16.5. The fourth-order valence-corrected chi connectivity index (χ4v) is 4.26. The first kappa shape index (κ1) is 28.2. The first-order valence-corrected chi connectivity index (χ1v) is 11.7. The third-order valence-corrected chi connectivity index (χ3v) is 6.13. The number of ether oxygens (including phenoxy) is 2. The van der Waals surface area contributed by atoms with Gasteiger partial charge >= 0.3 is 11.9 Å². The molecule has 0 saturated heterocycles. The number of anilines is 2. The molecule has 38 heavy (non-hydrogen) atoms. The third kappa shape index (κ3) is 4.66. The first-order valence-electron chi connectivity index (χ1n) is 11.7. The molecular formula is C26H28N4O8. The standard InChI is InChI=1S/C26H28N4O8/c1-5-17(31)29(23(27)25(35)37-3)15-11-12-16(30(18(32)6-2)24(28)26(36)38-4)20-19(15)21(33)13-9-7-8-10-14(13)22(20)34/h7-12,23-24H,5-6,27-28H2,1-4H3. The Bertz CT molecular complexity index is 1240. The lowest BCUT2D eigenvalue weighted by molar-refractivity contribution is -0.143. The molecular weight excluding hydrogens is 496 g/mol. The number of ketones is 2. The number of carbonyl (C=O) groups excluding carboxylic acids is 6. The molecule has 1 aliphatic carbocycles. The van der Waals surface area contributed by atoms with Gasteiger partial charge in [0, 0.05) is 24.0 Å². The lowest BCUT2D eigenvalue weighted by Crippen LogP contribution is -2.53. The van der Waals surface area contributed by atoms with E-state index < -0.39 is 47.7 Å². The molecule has 12 nitrogen and oxygen atoms in total. The van der Waals surface area contributed by atoms with E-state index in [-0.39, 0.29) is 46.5 Å². The van der Waals surface area contributed by atoms with E-state index in [1.807, 2.05) is 0 Å². The maximum Gasteiger partial charge on any atom is 0.343 e. The number of hydrogen-bond donors (Lipinski definition) is 2. The molecule has 1 aliphatic rings. The van der Waals surface area contributed by atoms with Gasteiger partial charge in [0.15, 0.2) is 23.9 Å². The van der Waals surface area contributed by atoms with Crippen LogP contribution < -0.4 is 21.3 Å². The monoisotopic (exact) mass is 524 g/mol. The van der Waals surface area contributed by atoms with Crippen LogP contribution in [-0.4, -0.2) is 61.9 Å². The molecule has 200 valence electrons. The van der Waals surface area contributed by atoms with Gasteiger partial charge in [0.05, 0.1) is 36.7 Å². The van der Waals surface area contributed by atoms with Crippen molar-refractivity contribution in [3.63, 3.8) is 0 Å². The minimum atomic E-state index is -1.65. The van der Waals surface area contributed by atoms with Crippen molar-refractivity contribution < 1.29 is 38.2 Å². The summed E-state index contributed by atoms with van der Waals surface area (Å²) in [4.78, 5) is 80.1. The van der Waals surface area contributed by atoms with Crippen LogP contribution in [0.15, 0.2) is 36.4 Å². The highest BCUT2D eigenvalue weighted by Gasteiger charge is 2.41. The minimum Gasteiger partial charge on any atom is -0.466 e. The number of esters is 2. The molecule has 4 N–H and O–H groups in total. The van der Waals surface area contributed by atoms with E-state index in [0.717, 1.165) is 24.0 Å². The molecule has 12 heteroatoms. The van der Waals surface area contributed by atoms with E-state index >= 15 is 0 Å². The fourth-order valence-electron chi connectivity index (χ4n) is 4.26. The van der Waals surface area contributed by atoms with E-state index in [4.69, 9.17) is 20.9 Å². The second kappa shape index (κ2) is 11.3. The van der Waals surface area contributed by atoms with E-state index in [9.17, 15) is 28.8 Å².